The highest BCUT2D eigenvalue weighted by Gasteiger charge is 2.35. The molecule has 1 heterocycles. The smallest absolute Gasteiger partial charge is 0.338 e. The topological polar surface area (TPSA) is 92.8 Å². The van der Waals surface area contributed by atoms with E-state index in [1.165, 1.54) is 12.1 Å². The van der Waals surface area contributed by atoms with E-state index >= 15 is 0 Å². The molecule has 4 rings (SSSR count). The average molecular weight is 456 g/mol. The molecule has 1 atom stereocenters. The Hall–Kier alpha value is -4.26. The van der Waals surface area contributed by atoms with Crippen molar-refractivity contribution < 1.29 is 23.9 Å². The number of ketones is 1. The quantitative estimate of drug-likeness (QED) is 0.428. The van der Waals surface area contributed by atoms with E-state index < -0.39 is 11.9 Å². The average Bonchev–Trinajstić information content (AvgIpc) is 3.25. The number of esters is 1. The third kappa shape index (κ3) is 5.38. The number of ether oxygens (including phenoxy) is 1. The van der Waals surface area contributed by atoms with Crippen molar-refractivity contribution in [2.24, 2.45) is 5.92 Å². The van der Waals surface area contributed by atoms with Crippen molar-refractivity contribution in [3.8, 4) is 0 Å². The van der Waals surface area contributed by atoms with Gasteiger partial charge in [-0.05, 0) is 43.3 Å². The number of Topliss-reactive ketones (excluding diaryl/α,β-unsaturated/α-hetero) is 1. The number of carbonyl (C=O) groups excluding carboxylic acids is 4. The van der Waals surface area contributed by atoms with Crippen LogP contribution in [0.3, 0.4) is 0 Å². The summed E-state index contributed by atoms with van der Waals surface area (Å²) in [6.07, 6.45) is 0.138. The van der Waals surface area contributed by atoms with E-state index in [2.05, 4.69) is 5.32 Å². The maximum atomic E-state index is 12.7. The number of nitrogens with zero attached hydrogens (tertiary/aromatic N) is 1. The van der Waals surface area contributed by atoms with Gasteiger partial charge in [0.05, 0.1) is 11.5 Å². The summed E-state index contributed by atoms with van der Waals surface area (Å²) >= 11 is 0. The van der Waals surface area contributed by atoms with E-state index in [-0.39, 0.29) is 36.2 Å². The van der Waals surface area contributed by atoms with E-state index in [1.54, 1.807) is 47.4 Å². The van der Waals surface area contributed by atoms with Crippen LogP contribution in [0.15, 0.2) is 78.9 Å². The van der Waals surface area contributed by atoms with E-state index in [0.717, 1.165) is 11.3 Å². The number of aryl methyl sites for hydroxylation is 1. The molecule has 0 aromatic heterocycles. The van der Waals surface area contributed by atoms with Gasteiger partial charge < -0.3 is 15.0 Å². The molecule has 3 aromatic rings. The van der Waals surface area contributed by atoms with Gasteiger partial charge in [0.2, 0.25) is 11.8 Å². The summed E-state index contributed by atoms with van der Waals surface area (Å²) < 4.78 is 5.10. The first-order chi connectivity index (χ1) is 16.4. The molecule has 0 radical (unpaired) electrons. The third-order valence-electron chi connectivity index (χ3n) is 5.66. The second-order valence-corrected chi connectivity index (χ2v) is 8.17. The Labute approximate surface area is 197 Å². The predicted molar refractivity (Wildman–Crippen MR) is 128 cm³/mol. The highest BCUT2D eigenvalue weighted by Crippen LogP contribution is 2.26. The van der Waals surface area contributed by atoms with Crippen LogP contribution in [0.5, 0.6) is 0 Å². The molecule has 1 N–H and O–H groups in total. The van der Waals surface area contributed by atoms with Crippen LogP contribution in [-0.2, 0) is 14.3 Å². The van der Waals surface area contributed by atoms with E-state index in [0.29, 0.717) is 17.8 Å². The van der Waals surface area contributed by atoms with Crippen LogP contribution in [0.4, 0.5) is 11.4 Å². The normalized spacial score (nSPS) is 15.1. The van der Waals surface area contributed by atoms with Gasteiger partial charge in [-0.15, -0.1) is 0 Å². The minimum Gasteiger partial charge on any atom is -0.454 e. The molecular formula is C27H24N2O5. The first kappa shape index (κ1) is 22.9. The first-order valence-electron chi connectivity index (χ1n) is 10.9. The third-order valence-corrected chi connectivity index (χ3v) is 5.66. The summed E-state index contributed by atoms with van der Waals surface area (Å²) in [7, 11) is 0. The fraction of sp³-hybridized carbons (Fsp3) is 0.185. The van der Waals surface area contributed by atoms with E-state index in [1.807, 2.05) is 31.2 Å². The molecule has 7 heteroatoms. The summed E-state index contributed by atoms with van der Waals surface area (Å²) in [5.74, 6) is -1.73. The van der Waals surface area contributed by atoms with Crippen LogP contribution in [0.25, 0.3) is 0 Å². The lowest BCUT2D eigenvalue weighted by Gasteiger charge is -2.17. The van der Waals surface area contributed by atoms with Crippen molar-refractivity contribution in [2.45, 2.75) is 13.3 Å². The van der Waals surface area contributed by atoms with Gasteiger partial charge in [-0.3, -0.25) is 14.4 Å². The first-order valence-corrected chi connectivity index (χ1v) is 10.9. The van der Waals surface area contributed by atoms with Crippen molar-refractivity contribution in [1.82, 2.24) is 0 Å². The molecule has 0 aliphatic carbocycles. The molecule has 172 valence electrons. The van der Waals surface area contributed by atoms with Gasteiger partial charge in [0, 0.05) is 29.9 Å². The molecule has 0 unspecified atom stereocenters. The number of carbonyl (C=O) groups is 4. The molecule has 1 fully saturated rings. The van der Waals surface area contributed by atoms with Crippen molar-refractivity contribution in [1.29, 1.82) is 0 Å². The minimum absolute atomic E-state index is 0.0906. The summed E-state index contributed by atoms with van der Waals surface area (Å²) in [6, 6.07) is 22.4. The number of rotatable bonds is 7. The van der Waals surface area contributed by atoms with Crippen LogP contribution in [0.1, 0.15) is 32.7 Å². The number of nitrogens with one attached hydrogen (secondary N) is 1. The Morgan fingerprint density at radius 3 is 2.26 bits per heavy atom. The summed E-state index contributed by atoms with van der Waals surface area (Å²) in [4.78, 5) is 51.1. The molecule has 0 saturated carbocycles. The Morgan fingerprint density at radius 1 is 0.912 bits per heavy atom. The highest BCUT2D eigenvalue weighted by atomic mass is 16.5. The number of anilines is 2. The molecule has 3 aromatic carbocycles. The van der Waals surface area contributed by atoms with Gasteiger partial charge in [0.1, 0.15) is 0 Å². The molecule has 1 aliphatic heterocycles. The zero-order chi connectivity index (χ0) is 24.1. The number of hydrogen-bond donors (Lipinski definition) is 1. The number of hydrogen-bond acceptors (Lipinski definition) is 5. The standard InChI is InChI=1S/C27H24N2O5/c1-18-7-13-23(14-8-18)29-16-21(15-25(29)31)26(32)28-22-11-9-20(10-12-22)27(33)34-17-24(30)19-5-3-2-4-6-19/h2-14,21H,15-17H2,1H3,(H,28,32)/t21-/m0/s1. The van der Waals surface area contributed by atoms with Gasteiger partial charge in [-0.2, -0.15) is 0 Å². The molecule has 0 bridgehead atoms. The fourth-order valence-electron chi connectivity index (χ4n) is 3.71. The monoisotopic (exact) mass is 456 g/mol. The molecule has 1 aliphatic rings. The minimum atomic E-state index is -0.628. The molecular weight excluding hydrogens is 432 g/mol. The van der Waals surface area contributed by atoms with E-state index in [4.69, 9.17) is 4.74 Å². The Kier molecular flexibility index (Phi) is 6.82. The fourth-order valence-corrected chi connectivity index (χ4v) is 3.71. The Bertz CT molecular complexity index is 1200. The Morgan fingerprint density at radius 2 is 1.59 bits per heavy atom. The van der Waals surface area contributed by atoms with Crippen LogP contribution >= 0.6 is 0 Å². The van der Waals surface area contributed by atoms with Crippen molar-refractivity contribution >= 4 is 34.9 Å². The molecule has 2 amide bonds. The molecule has 7 nitrogen and oxygen atoms in total. The van der Waals surface area contributed by atoms with Crippen LogP contribution in [-0.4, -0.2) is 36.7 Å². The van der Waals surface area contributed by atoms with Crippen LogP contribution in [0, 0.1) is 12.8 Å². The maximum absolute atomic E-state index is 12.7. The lowest BCUT2D eigenvalue weighted by molar-refractivity contribution is -0.122. The summed E-state index contributed by atoms with van der Waals surface area (Å²) in [5, 5.41) is 2.80. The maximum Gasteiger partial charge on any atom is 0.338 e. The van der Waals surface area contributed by atoms with Gasteiger partial charge in [0.25, 0.3) is 0 Å². The van der Waals surface area contributed by atoms with Crippen LogP contribution < -0.4 is 10.2 Å². The lowest BCUT2D eigenvalue weighted by atomic mass is 10.1. The van der Waals surface area contributed by atoms with Gasteiger partial charge in [-0.25, -0.2) is 4.79 Å². The van der Waals surface area contributed by atoms with Crippen molar-refractivity contribution in [2.75, 3.05) is 23.4 Å². The zero-order valence-corrected chi connectivity index (χ0v) is 18.7. The van der Waals surface area contributed by atoms with Crippen molar-refractivity contribution in [3.05, 3.63) is 95.6 Å². The summed E-state index contributed by atoms with van der Waals surface area (Å²) in [6.45, 7) is 1.93. The SMILES string of the molecule is Cc1ccc(N2C[C@@H](C(=O)Nc3ccc(C(=O)OCC(=O)c4ccccc4)cc3)CC2=O)cc1. The molecule has 0 spiro atoms. The largest absolute Gasteiger partial charge is 0.454 e. The van der Waals surface area contributed by atoms with Gasteiger partial charge in [-0.1, -0.05) is 48.0 Å². The van der Waals surface area contributed by atoms with Crippen molar-refractivity contribution in [3.63, 3.8) is 0 Å². The van der Waals surface area contributed by atoms with E-state index in [9.17, 15) is 19.2 Å². The molecule has 1 saturated heterocycles. The second-order valence-electron chi connectivity index (χ2n) is 8.17. The van der Waals surface area contributed by atoms with Gasteiger partial charge >= 0.3 is 5.97 Å². The highest BCUT2D eigenvalue weighted by molar-refractivity contribution is 6.04. The molecule has 34 heavy (non-hydrogen) atoms. The van der Waals surface area contributed by atoms with Gasteiger partial charge in [0.15, 0.2) is 12.4 Å². The number of benzene rings is 3. The van der Waals surface area contributed by atoms with Crippen LogP contribution in [0.2, 0.25) is 0 Å². The lowest BCUT2D eigenvalue weighted by Crippen LogP contribution is -2.28. The predicted octanol–water partition coefficient (Wildman–Crippen LogP) is 4.03. The summed E-state index contributed by atoms with van der Waals surface area (Å²) in [5.41, 5.74) is 3.11. The zero-order valence-electron chi connectivity index (χ0n) is 18.7. The Balaban J connectivity index is 1.30. The number of amides is 2. The second kappa shape index (κ2) is 10.1.